The van der Waals surface area contributed by atoms with E-state index in [-0.39, 0.29) is 0 Å². The van der Waals surface area contributed by atoms with Crippen LogP contribution in [0.5, 0.6) is 0 Å². The van der Waals surface area contributed by atoms with E-state index in [4.69, 9.17) is 42.6 Å². The first-order valence-electron chi connectivity index (χ1n) is 18.5. The number of ether oxygens (including phenoxy) is 9. The molecule has 5 unspecified atom stereocenters. The van der Waals surface area contributed by atoms with Gasteiger partial charge in [-0.2, -0.15) is 0 Å². The van der Waals surface area contributed by atoms with Gasteiger partial charge in [-0.15, -0.1) is 0 Å². The minimum absolute atomic E-state index is 0.795. The lowest BCUT2D eigenvalue weighted by Crippen LogP contribution is -2.70. The van der Waals surface area contributed by atoms with Gasteiger partial charge in [0.15, 0.2) is 31.5 Å². The Bertz CT molecular complexity index is 1300. The summed E-state index contributed by atoms with van der Waals surface area (Å²) in [6, 6.07) is -1.66. The number of carbonyl (C=O) groups is 1. The number of aliphatic hydroxyl groups is 15. The fourth-order valence-electron chi connectivity index (χ4n) is 7.30. The summed E-state index contributed by atoms with van der Waals surface area (Å²) in [5, 5.41) is 160. The Morgan fingerprint density at radius 1 is 0.431 bits per heavy atom. The first-order chi connectivity index (χ1) is 27.4. The molecule has 338 valence electrons. The number of carbonyl (C=O) groups excluding carboxylic acids is 1. The lowest BCUT2D eigenvalue weighted by atomic mass is 9.94. The molecule has 58 heavy (non-hydrogen) atoms. The number of hydrogen-bond acceptors (Lipinski definition) is 25. The number of rotatable bonds is 13. The molecule has 0 aliphatic carbocycles. The van der Waals surface area contributed by atoms with Crippen LogP contribution in [0.2, 0.25) is 0 Å². The summed E-state index contributed by atoms with van der Waals surface area (Å²) in [6.07, 6.45) is -42.8. The maximum atomic E-state index is 12.4. The molecule has 0 spiro atoms. The lowest BCUT2D eigenvalue weighted by Gasteiger charge is -2.50. The van der Waals surface area contributed by atoms with Crippen LogP contribution in [0.4, 0.5) is 0 Å². The molecule has 5 rings (SSSR count). The average molecular weight is 854 g/mol. The van der Waals surface area contributed by atoms with Gasteiger partial charge in [0.2, 0.25) is 5.91 Å². The van der Waals surface area contributed by atoms with Gasteiger partial charge in [-0.05, 0) is 6.92 Å². The maximum Gasteiger partial charge on any atom is 0.217 e. The average Bonchev–Trinajstić information content (AvgIpc) is 3.19. The molecule has 25 atom stereocenters. The van der Waals surface area contributed by atoms with Crippen LogP contribution in [0.25, 0.3) is 0 Å². The number of hydrogen-bond donors (Lipinski definition) is 16. The van der Waals surface area contributed by atoms with Crippen molar-refractivity contribution in [2.24, 2.45) is 0 Å². The zero-order chi connectivity index (χ0) is 42.9. The minimum Gasteiger partial charge on any atom is -0.394 e. The molecule has 5 heterocycles. The summed E-state index contributed by atoms with van der Waals surface area (Å²) < 4.78 is 50.4. The van der Waals surface area contributed by atoms with Gasteiger partial charge in [-0.25, -0.2) is 0 Å². The van der Waals surface area contributed by atoms with Crippen molar-refractivity contribution in [3.05, 3.63) is 0 Å². The molecule has 0 radical (unpaired) electrons. The predicted molar refractivity (Wildman–Crippen MR) is 177 cm³/mol. The van der Waals surface area contributed by atoms with Crippen LogP contribution in [0.1, 0.15) is 13.8 Å². The van der Waals surface area contributed by atoms with E-state index >= 15 is 0 Å². The van der Waals surface area contributed by atoms with Crippen LogP contribution in [0.15, 0.2) is 0 Å². The third-order valence-electron chi connectivity index (χ3n) is 10.7. The molecule has 26 nitrogen and oxygen atoms in total. The molecule has 5 saturated heterocycles. The first kappa shape index (κ1) is 47.6. The van der Waals surface area contributed by atoms with Gasteiger partial charge in [0.05, 0.1) is 32.5 Å². The highest BCUT2D eigenvalue weighted by Gasteiger charge is 2.56. The van der Waals surface area contributed by atoms with E-state index in [9.17, 15) is 81.4 Å². The van der Waals surface area contributed by atoms with Crippen LogP contribution in [-0.2, 0) is 47.4 Å². The van der Waals surface area contributed by atoms with Crippen LogP contribution >= 0.6 is 0 Å². The van der Waals surface area contributed by atoms with E-state index in [1.807, 2.05) is 0 Å². The summed E-state index contributed by atoms with van der Waals surface area (Å²) >= 11 is 0. The van der Waals surface area contributed by atoms with Crippen molar-refractivity contribution in [3.8, 4) is 0 Å². The zero-order valence-electron chi connectivity index (χ0n) is 31.1. The van der Waals surface area contributed by atoms with Crippen molar-refractivity contribution < 1.29 is 124 Å². The van der Waals surface area contributed by atoms with Crippen molar-refractivity contribution in [2.45, 2.75) is 167 Å². The second kappa shape index (κ2) is 20.1. The molecule has 16 N–H and O–H groups in total. The Kier molecular flexibility index (Phi) is 16.5. The zero-order valence-corrected chi connectivity index (χ0v) is 31.1. The second-order valence-electron chi connectivity index (χ2n) is 14.7. The highest BCUT2D eigenvalue weighted by atomic mass is 16.8. The van der Waals surface area contributed by atoms with Crippen molar-refractivity contribution in [2.75, 3.05) is 26.4 Å². The van der Waals surface area contributed by atoms with Gasteiger partial charge in [-0.3, -0.25) is 4.79 Å². The fourth-order valence-corrected chi connectivity index (χ4v) is 7.30. The van der Waals surface area contributed by atoms with E-state index in [2.05, 4.69) is 5.32 Å². The third kappa shape index (κ3) is 9.75. The maximum absolute atomic E-state index is 12.4. The van der Waals surface area contributed by atoms with Crippen molar-refractivity contribution in [3.63, 3.8) is 0 Å². The molecule has 5 aliphatic heterocycles. The molecule has 5 fully saturated rings. The minimum atomic E-state index is -2.12. The smallest absolute Gasteiger partial charge is 0.217 e. The quantitative estimate of drug-likeness (QED) is 0.0818. The SMILES string of the molecule is CC(=O)N[C@@H]1C(O[C@H]2O[C@H](CO)C(O)[C@H](O)[C@H]2O)[C@H](O)[C@@H](CO)O[C@H]1OC1[C@@H](O)[C@H](OC2[C@@H](CO)O[C@@H](OC3O[C@H](C)[C@H](O)[C@H](O)[C@H]3O)[C@H](O)[C@H]2O)O[C@H](CO)[C@@H]1O. The summed E-state index contributed by atoms with van der Waals surface area (Å²) in [6.45, 7) is -1.28. The highest BCUT2D eigenvalue weighted by Crippen LogP contribution is 2.35. The molecule has 0 bridgehead atoms. The normalized spacial score (nSPS) is 51.6. The van der Waals surface area contributed by atoms with Crippen LogP contribution in [0.3, 0.4) is 0 Å². The van der Waals surface area contributed by atoms with E-state index in [0.717, 1.165) is 6.92 Å². The Hall–Kier alpha value is -1.49. The molecular formula is C32H55NO25. The van der Waals surface area contributed by atoms with Crippen LogP contribution in [-0.4, -0.2) is 262 Å². The number of amides is 1. The van der Waals surface area contributed by atoms with Gasteiger partial charge < -0.3 is 125 Å². The molecular weight excluding hydrogens is 798 g/mol. The third-order valence-corrected chi connectivity index (χ3v) is 10.7. The molecule has 0 saturated carbocycles. The molecule has 5 aliphatic rings. The summed E-state index contributed by atoms with van der Waals surface area (Å²) in [7, 11) is 0. The number of nitrogens with one attached hydrogen (secondary N) is 1. The molecule has 1 amide bonds. The lowest BCUT2D eigenvalue weighted by molar-refractivity contribution is -0.396. The molecule has 0 aromatic heterocycles. The Balaban J connectivity index is 1.35. The molecule has 0 aromatic rings. The Labute approximate surface area is 329 Å². The monoisotopic (exact) mass is 853 g/mol. The second-order valence-corrected chi connectivity index (χ2v) is 14.7. The van der Waals surface area contributed by atoms with Gasteiger partial charge in [0, 0.05) is 6.92 Å². The topological polar surface area (TPSA) is 416 Å². The van der Waals surface area contributed by atoms with E-state index in [1.165, 1.54) is 6.92 Å². The summed E-state index contributed by atoms with van der Waals surface area (Å²) in [5.74, 6) is -0.795. The largest absolute Gasteiger partial charge is 0.394 e. The van der Waals surface area contributed by atoms with E-state index in [0.29, 0.717) is 0 Å². The first-order valence-corrected chi connectivity index (χ1v) is 18.5. The predicted octanol–water partition coefficient (Wildman–Crippen LogP) is -10.8. The van der Waals surface area contributed by atoms with E-state index in [1.54, 1.807) is 0 Å². The Morgan fingerprint density at radius 2 is 0.828 bits per heavy atom. The standard InChI is InChI=1S/C32H55NO25/c1-7-14(39)18(43)21(46)29(50-7)58-31-23(48)20(45)25(12(6-37)54-31)55-32-24(49)27(17(42)11(5-36)53-32)57-28-13(33-8(2)38)26(16(41)10(4-35)51-28)56-30-22(47)19(44)15(40)9(3-34)52-30/h7,9-32,34-37,39-49H,3-6H2,1-2H3,(H,33,38)/t7-,9-,10-,11-,12-,13-,14+,15?,16-,17+,18+,19+,20-,21-,22-,23-,24-,25?,26?,27?,28+,29?,30-,31+,32+/m1/s1. The summed E-state index contributed by atoms with van der Waals surface area (Å²) in [5.41, 5.74) is 0. The fraction of sp³-hybridized carbons (Fsp3) is 0.969. The van der Waals surface area contributed by atoms with Gasteiger partial charge in [-0.1, -0.05) is 0 Å². The summed E-state index contributed by atoms with van der Waals surface area (Å²) in [4.78, 5) is 12.4. The van der Waals surface area contributed by atoms with Gasteiger partial charge >= 0.3 is 0 Å². The highest BCUT2D eigenvalue weighted by molar-refractivity contribution is 5.73. The molecule has 0 aromatic carbocycles. The van der Waals surface area contributed by atoms with Gasteiger partial charge in [0.25, 0.3) is 0 Å². The van der Waals surface area contributed by atoms with Crippen molar-refractivity contribution in [1.29, 1.82) is 0 Å². The molecule has 26 heteroatoms. The van der Waals surface area contributed by atoms with Gasteiger partial charge in [0.1, 0.15) is 116 Å². The van der Waals surface area contributed by atoms with Crippen LogP contribution in [0, 0.1) is 0 Å². The Morgan fingerprint density at radius 3 is 1.38 bits per heavy atom. The van der Waals surface area contributed by atoms with Crippen LogP contribution < -0.4 is 5.32 Å². The van der Waals surface area contributed by atoms with Crippen molar-refractivity contribution in [1.82, 2.24) is 5.32 Å². The van der Waals surface area contributed by atoms with Crippen molar-refractivity contribution >= 4 is 5.91 Å². The number of aliphatic hydroxyl groups excluding tert-OH is 15. The van der Waals surface area contributed by atoms with E-state index < -0.39 is 186 Å².